The molecule has 0 aromatic heterocycles. The molecule has 20 heavy (non-hydrogen) atoms. The smallest absolute Gasteiger partial charge is 0.252 e. The molecule has 1 saturated heterocycles. The number of amides is 2. The number of morpholine rings is 1. The first-order valence-corrected chi connectivity index (χ1v) is 6.66. The number of nitrogens with two attached hydrogens (primary N) is 1. The first kappa shape index (κ1) is 14.5. The Kier molecular flexibility index (Phi) is 5.09. The molecule has 1 fully saturated rings. The van der Waals surface area contributed by atoms with Crippen molar-refractivity contribution in [1.29, 1.82) is 0 Å². The van der Waals surface area contributed by atoms with Crippen LogP contribution in [0.3, 0.4) is 0 Å². The fourth-order valence-corrected chi connectivity index (χ4v) is 2.12. The van der Waals surface area contributed by atoms with Crippen LogP contribution < -0.4 is 11.1 Å². The minimum Gasteiger partial charge on any atom is -0.366 e. The summed E-state index contributed by atoms with van der Waals surface area (Å²) >= 11 is 0. The van der Waals surface area contributed by atoms with Gasteiger partial charge in [0.2, 0.25) is 5.91 Å². The Balaban J connectivity index is 1.88. The van der Waals surface area contributed by atoms with Crippen LogP contribution in [0.25, 0.3) is 0 Å². The number of nitrogens with zero attached hydrogens (tertiary/aromatic N) is 1. The number of benzene rings is 1. The summed E-state index contributed by atoms with van der Waals surface area (Å²) in [5.41, 5.74) is 6.16. The highest BCUT2D eigenvalue weighted by atomic mass is 16.5. The minimum absolute atomic E-state index is 0.0226. The minimum atomic E-state index is -0.709. The lowest BCUT2D eigenvalue weighted by molar-refractivity contribution is -0.154. The van der Waals surface area contributed by atoms with Gasteiger partial charge in [-0.25, -0.2) is 0 Å². The van der Waals surface area contributed by atoms with E-state index in [-0.39, 0.29) is 18.2 Å². The third kappa shape index (κ3) is 3.79. The number of carbonyl (C=O) groups excluding carboxylic acids is 2. The highest BCUT2D eigenvalue weighted by Gasteiger charge is 2.30. The number of ether oxygens (including phenoxy) is 1. The van der Waals surface area contributed by atoms with E-state index in [4.69, 9.17) is 10.5 Å². The van der Waals surface area contributed by atoms with Crippen molar-refractivity contribution in [2.45, 2.75) is 12.5 Å². The molecule has 1 heterocycles. The second-order valence-corrected chi connectivity index (χ2v) is 4.59. The predicted molar refractivity (Wildman–Crippen MR) is 75.1 cm³/mol. The maximum atomic E-state index is 12.1. The molecule has 2 rings (SSSR count). The van der Waals surface area contributed by atoms with Crippen molar-refractivity contribution in [3.8, 4) is 0 Å². The standard InChI is InChI=1S/C14H19N3O3/c15-6-7-17-8-9-20-12(14(17)19)10-13(18)16-11-4-2-1-3-5-11/h1-5,12H,6-10,15H2,(H,16,18)/t12-/m0/s1. The van der Waals surface area contributed by atoms with Gasteiger partial charge in [0.25, 0.3) is 5.91 Å². The molecular formula is C14H19N3O3. The summed E-state index contributed by atoms with van der Waals surface area (Å²) in [6, 6.07) is 9.13. The van der Waals surface area contributed by atoms with Crippen molar-refractivity contribution < 1.29 is 14.3 Å². The summed E-state index contributed by atoms with van der Waals surface area (Å²) in [6.07, 6.45) is -0.687. The molecule has 0 bridgehead atoms. The van der Waals surface area contributed by atoms with E-state index >= 15 is 0 Å². The average molecular weight is 277 g/mol. The Bertz CT molecular complexity index is 462. The Morgan fingerprint density at radius 1 is 1.40 bits per heavy atom. The molecule has 0 aliphatic carbocycles. The average Bonchev–Trinajstić information content (AvgIpc) is 2.44. The fourth-order valence-electron chi connectivity index (χ4n) is 2.12. The number of carbonyl (C=O) groups is 2. The summed E-state index contributed by atoms with van der Waals surface area (Å²) < 4.78 is 5.38. The van der Waals surface area contributed by atoms with Crippen molar-refractivity contribution in [3.63, 3.8) is 0 Å². The number of anilines is 1. The van der Waals surface area contributed by atoms with Gasteiger partial charge in [0.05, 0.1) is 13.0 Å². The van der Waals surface area contributed by atoms with Gasteiger partial charge in [-0.3, -0.25) is 9.59 Å². The van der Waals surface area contributed by atoms with Crippen molar-refractivity contribution in [3.05, 3.63) is 30.3 Å². The summed E-state index contributed by atoms with van der Waals surface area (Å²) in [7, 11) is 0. The second kappa shape index (κ2) is 7.02. The van der Waals surface area contributed by atoms with Crippen LogP contribution in [0.15, 0.2) is 30.3 Å². The van der Waals surface area contributed by atoms with Crippen LogP contribution in [0.4, 0.5) is 5.69 Å². The first-order chi connectivity index (χ1) is 9.70. The molecule has 6 heteroatoms. The topological polar surface area (TPSA) is 84.7 Å². The predicted octanol–water partition coefficient (Wildman–Crippen LogP) is 0.201. The Morgan fingerprint density at radius 2 is 2.15 bits per heavy atom. The molecule has 6 nitrogen and oxygen atoms in total. The summed E-state index contributed by atoms with van der Waals surface area (Å²) in [4.78, 5) is 25.6. The molecule has 3 N–H and O–H groups in total. The molecule has 0 radical (unpaired) electrons. The van der Waals surface area contributed by atoms with E-state index in [1.165, 1.54) is 0 Å². The molecule has 1 aromatic carbocycles. The summed E-state index contributed by atoms with van der Waals surface area (Å²) in [5.74, 6) is -0.394. The zero-order chi connectivity index (χ0) is 14.4. The van der Waals surface area contributed by atoms with Crippen LogP contribution >= 0.6 is 0 Å². The van der Waals surface area contributed by atoms with Crippen LogP contribution in [0, 0.1) is 0 Å². The van der Waals surface area contributed by atoms with E-state index in [9.17, 15) is 9.59 Å². The van der Waals surface area contributed by atoms with Gasteiger partial charge in [-0.15, -0.1) is 0 Å². The maximum absolute atomic E-state index is 12.1. The van der Waals surface area contributed by atoms with Crippen LogP contribution in [0.1, 0.15) is 6.42 Å². The number of rotatable bonds is 5. The van der Waals surface area contributed by atoms with E-state index in [0.29, 0.717) is 31.9 Å². The van der Waals surface area contributed by atoms with Crippen molar-refractivity contribution >= 4 is 17.5 Å². The zero-order valence-corrected chi connectivity index (χ0v) is 11.2. The molecule has 0 spiro atoms. The van der Waals surface area contributed by atoms with Crippen LogP contribution in [0.2, 0.25) is 0 Å². The first-order valence-electron chi connectivity index (χ1n) is 6.66. The van der Waals surface area contributed by atoms with E-state index in [2.05, 4.69) is 5.32 Å². The molecule has 2 amide bonds. The van der Waals surface area contributed by atoms with E-state index in [1.54, 1.807) is 17.0 Å². The van der Waals surface area contributed by atoms with Gasteiger partial charge in [0, 0.05) is 25.3 Å². The number of nitrogens with one attached hydrogen (secondary N) is 1. The molecule has 0 unspecified atom stereocenters. The third-order valence-corrected chi connectivity index (χ3v) is 3.09. The van der Waals surface area contributed by atoms with E-state index in [0.717, 1.165) is 0 Å². The lowest BCUT2D eigenvalue weighted by Gasteiger charge is -2.31. The van der Waals surface area contributed by atoms with Crippen molar-refractivity contribution in [2.24, 2.45) is 5.73 Å². The molecule has 0 saturated carbocycles. The van der Waals surface area contributed by atoms with E-state index in [1.807, 2.05) is 18.2 Å². The Hall–Kier alpha value is -1.92. The van der Waals surface area contributed by atoms with Crippen molar-refractivity contribution in [1.82, 2.24) is 4.90 Å². The molecule has 1 atom stereocenters. The van der Waals surface area contributed by atoms with Crippen LogP contribution in [-0.4, -0.2) is 49.1 Å². The Labute approximate surface area is 117 Å². The van der Waals surface area contributed by atoms with Crippen LogP contribution in [0.5, 0.6) is 0 Å². The Morgan fingerprint density at radius 3 is 2.85 bits per heavy atom. The monoisotopic (exact) mass is 277 g/mol. The van der Waals surface area contributed by atoms with Crippen molar-refractivity contribution in [2.75, 3.05) is 31.6 Å². The van der Waals surface area contributed by atoms with Gasteiger partial charge in [0.1, 0.15) is 6.10 Å². The molecular weight excluding hydrogens is 258 g/mol. The third-order valence-electron chi connectivity index (χ3n) is 3.09. The molecule has 1 aliphatic rings. The molecule has 1 aromatic rings. The molecule has 1 aliphatic heterocycles. The summed E-state index contributed by atoms with van der Waals surface area (Å²) in [5, 5.41) is 2.74. The highest BCUT2D eigenvalue weighted by Crippen LogP contribution is 2.12. The molecule has 108 valence electrons. The van der Waals surface area contributed by atoms with Gasteiger partial charge in [0.15, 0.2) is 0 Å². The van der Waals surface area contributed by atoms with Gasteiger partial charge >= 0.3 is 0 Å². The van der Waals surface area contributed by atoms with Gasteiger partial charge in [-0.1, -0.05) is 18.2 Å². The maximum Gasteiger partial charge on any atom is 0.252 e. The summed E-state index contributed by atoms with van der Waals surface area (Å²) in [6.45, 7) is 1.88. The fraction of sp³-hybridized carbons (Fsp3) is 0.429. The van der Waals surface area contributed by atoms with Gasteiger partial charge in [-0.05, 0) is 12.1 Å². The van der Waals surface area contributed by atoms with Gasteiger partial charge in [-0.2, -0.15) is 0 Å². The number of hydrogen-bond donors (Lipinski definition) is 2. The highest BCUT2D eigenvalue weighted by molar-refractivity contribution is 5.95. The van der Waals surface area contributed by atoms with Crippen LogP contribution in [-0.2, 0) is 14.3 Å². The SMILES string of the molecule is NCCN1CCO[C@@H](CC(=O)Nc2ccccc2)C1=O. The number of hydrogen-bond acceptors (Lipinski definition) is 4. The van der Waals surface area contributed by atoms with E-state index < -0.39 is 6.10 Å². The number of para-hydroxylation sites is 1. The largest absolute Gasteiger partial charge is 0.366 e. The second-order valence-electron chi connectivity index (χ2n) is 4.59. The van der Waals surface area contributed by atoms with Gasteiger partial charge < -0.3 is 20.7 Å². The lowest BCUT2D eigenvalue weighted by Crippen LogP contribution is -2.50. The zero-order valence-electron chi connectivity index (χ0n) is 11.2. The quantitative estimate of drug-likeness (QED) is 0.805. The lowest BCUT2D eigenvalue weighted by atomic mass is 10.1. The normalized spacial score (nSPS) is 18.9.